The smallest absolute Gasteiger partial charge is 0.408 e. The summed E-state index contributed by atoms with van der Waals surface area (Å²) in [7, 11) is 1.24. The van der Waals surface area contributed by atoms with Crippen LogP contribution >= 0.6 is 0 Å². The lowest BCUT2D eigenvalue weighted by Crippen LogP contribution is -2.52. The number of ether oxygens (including phenoxy) is 2. The van der Waals surface area contributed by atoms with Gasteiger partial charge in [0.1, 0.15) is 24.2 Å². The monoisotopic (exact) mass is 519 g/mol. The number of carbonyl (C=O) groups excluding carboxylic acids is 4. The first-order valence-corrected chi connectivity index (χ1v) is 13.1. The molecule has 0 aliphatic carbocycles. The van der Waals surface area contributed by atoms with Gasteiger partial charge in [-0.3, -0.25) is 14.4 Å². The molecule has 0 aliphatic heterocycles. The number of amides is 3. The summed E-state index contributed by atoms with van der Waals surface area (Å²) in [6.07, 6.45) is 5.32. The standard InChI is InChI=1S/C28H45N3O6/c1-8-9-10-11-12-15-18-31(26(34)21(3)30-27(35)37-28(4,5)6)24(22-17-14-13-16-20(22)2)25(33)29-19-23(32)36-7/h13-14,16-17,21,24H,8-12,15,18-19H2,1-7H3,(H,29,33)(H,30,35). The van der Waals surface area contributed by atoms with Crippen molar-refractivity contribution >= 4 is 23.9 Å². The number of hydrogen-bond acceptors (Lipinski definition) is 6. The van der Waals surface area contributed by atoms with Gasteiger partial charge in [0.05, 0.1) is 7.11 Å². The van der Waals surface area contributed by atoms with Gasteiger partial charge in [-0.15, -0.1) is 0 Å². The van der Waals surface area contributed by atoms with E-state index in [-0.39, 0.29) is 6.54 Å². The van der Waals surface area contributed by atoms with Crippen molar-refractivity contribution in [3.05, 3.63) is 35.4 Å². The Morgan fingerprint density at radius 3 is 2.22 bits per heavy atom. The van der Waals surface area contributed by atoms with Crippen molar-refractivity contribution in [3.63, 3.8) is 0 Å². The molecular formula is C28H45N3O6. The van der Waals surface area contributed by atoms with Crippen LogP contribution in [0.1, 0.15) is 90.3 Å². The van der Waals surface area contributed by atoms with Gasteiger partial charge in [0.15, 0.2) is 0 Å². The lowest BCUT2D eigenvalue weighted by Gasteiger charge is -2.34. The minimum absolute atomic E-state index is 0.315. The van der Waals surface area contributed by atoms with Gasteiger partial charge in [0.25, 0.3) is 0 Å². The van der Waals surface area contributed by atoms with Crippen molar-refractivity contribution in [1.29, 1.82) is 0 Å². The van der Waals surface area contributed by atoms with Gasteiger partial charge in [0.2, 0.25) is 11.8 Å². The quantitative estimate of drug-likeness (QED) is 0.278. The molecule has 37 heavy (non-hydrogen) atoms. The largest absolute Gasteiger partial charge is 0.468 e. The normalized spacial score (nSPS) is 12.7. The average molecular weight is 520 g/mol. The Kier molecular flexibility index (Phi) is 13.7. The van der Waals surface area contributed by atoms with E-state index in [4.69, 9.17) is 4.74 Å². The van der Waals surface area contributed by atoms with E-state index < -0.39 is 41.6 Å². The minimum Gasteiger partial charge on any atom is -0.468 e. The highest BCUT2D eigenvalue weighted by Crippen LogP contribution is 2.26. The van der Waals surface area contributed by atoms with E-state index in [0.29, 0.717) is 18.5 Å². The summed E-state index contributed by atoms with van der Waals surface area (Å²) in [5.41, 5.74) is 0.755. The molecule has 2 N–H and O–H groups in total. The van der Waals surface area contributed by atoms with E-state index in [9.17, 15) is 19.2 Å². The highest BCUT2D eigenvalue weighted by Gasteiger charge is 2.35. The van der Waals surface area contributed by atoms with Crippen LogP contribution in [0.4, 0.5) is 4.79 Å². The molecule has 3 amide bonds. The van der Waals surface area contributed by atoms with Crippen LogP contribution < -0.4 is 10.6 Å². The average Bonchev–Trinajstić information content (AvgIpc) is 2.82. The Labute approximate surface area is 221 Å². The van der Waals surface area contributed by atoms with Crippen LogP contribution in [0.25, 0.3) is 0 Å². The Morgan fingerprint density at radius 2 is 1.62 bits per heavy atom. The molecule has 0 saturated heterocycles. The maximum atomic E-state index is 13.7. The maximum absolute atomic E-state index is 13.7. The summed E-state index contributed by atoms with van der Waals surface area (Å²) in [5, 5.41) is 5.20. The Hall–Kier alpha value is -3.10. The van der Waals surface area contributed by atoms with Gasteiger partial charge >= 0.3 is 12.1 Å². The molecular weight excluding hydrogens is 474 g/mol. The molecule has 1 aromatic carbocycles. The van der Waals surface area contributed by atoms with Crippen LogP contribution in [-0.2, 0) is 23.9 Å². The topological polar surface area (TPSA) is 114 Å². The third-order valence-electron chi connectivity index (χ3n) is 5.82. The molecule has 2 unspecified atom stereocenters. The van der Waals surface area contributed by atoms with Gasteiger partial charge in [-0.2, -0.15) is 0 Å². The van der Waals surface area contributed by atoms with Crippen LogP contribution in [0.5, 0.6) is 0 Å². The van der Waals surface area contributed by atoms with Gasteiger partial charge < -0.3 is 25.0 Å². The highest BCUT2D eigenvalue weighted by molar-refractivity contribution is 5.93. The second-order valence-electron chi connectivity index (χ2n) is 10.2. The number of carbonyl (C=O) groups is 4. The van der Waals surface area contributed by atoms with E-state index in [0.717, 1.165) is 37.7 Å². The Balaban J connectivity index is 3.27. The number of esters is 1. The summed E-state index contributed by atoms with van der Waals surface area (Å²) >= 11 is 0. The van der Waals surface area contributed by atoms with E-state index in [1.807, 2.05) is 19.1 Å². The summed E-state index contributed by atoms with van der Waals surface area (Å²) in [5.74, 6) is -1.50. The van der Waals surface area contributed by atoms with Crippen molar-refractivity contribution in [2.75, 3.05) is 20.2 Å². The number of nitrogens with zero attached hydrogens (tertiary/aromatic N) is 1. The predicted octanol–water partition coefficient (Wildman–Crippen LogP) is 4.43. The highest BCUT2D eigenvalue weighted by atomic mass is 16.6. The molecule has 0 aromatic heterocycles. The van der Waals surface area contributed by atoms with Crippen molar-refractivity contribution in [3.8, 4) is 0 Å². The lowest BCUT2D eigenvalue weighted by atomic mass is 9.97. The molecule has 0 bridgehead atoms. The van der Waals surface area contributed by atoms with Crippen molar-refractivity contribution < 1.29 is 28.7 Å². The van der Waals surface area contributed by atoms with Gasteiger partial charge in [-0.1, -0.05) is 63.3 Å². The molecule has 0 radical (unpaired) electrons. The number of aryl methyl sites for hydroxylation is 1. The zero-order valence-corrected chi connectivity index (χ0v) is 23.5. The molecule has 1 rings (SSSR count). The fourth-order valence-electron chi connectivity index (χ4n) is 3.90. The van der Waals surface area contributed by atoms with Gasteiger partial charge in [-0.05, 0) is 52.2 Å². The molecule has 1 aromatic rings. The molecule has 2 atom stereocenters. The van der Waals surface area contributed by atoms with E-state index >= 15 is 0 Å². The first-order chi connectivity index (χ1) is 17.4. The molecule has 208 valence electrons. The molecule has 0 aliphatic rings. The maximum Gasteiger partial charge on any atom is 0.408 e. The summed E-state index contributed by atoms with van der Waals surface area (Å²) in [6, 6.07) is 5.40. The number of hydrogen-bond donors (Lipinski definition) is 2. The second-order valence-corrected chi connectivity index (χ2v) is 10.2. The van der Waals surface area contributed by atoms with Crippen LogP contribution in [0.2, 0.25) is 0 Å². The SMILES string of the molecule is CCCCCCCCN(C(=O)C(C)NC(=O)OC(C)(C)C)C(C(=O)NCC(=O)OC)c1ccccc1C. The third-order valence-corrected chi connectivity index (χ3v) is 5.82. The Bertz CT molecular complexity index is 896. The molecule has 0 heterocycles. The fourth-order valence-corrected chi connectivity index (χ4v) is 3.90. The van der Waals surface area contributed by atoms with Crippen LogP contribution in [-0.4, -0.2) is 60.6 Å². The molecule has 0 saturated carbocycles. The number of unbranched alkanes of at least 4 members (excludes halogenated alkanes) is 5. The van der Waals surface area contributed by atoms with Crippen LogP contribution in [0.15, 0.2) is 24.3 Å². The molecule has 9 heteroatoms. The number of rotatable bonds is 14. The van der Waals surface area contributed by atoms with E-state index in [2.05, 4.69) is 22.3 Å². The van der Waals surface area contributed by atoms with Gasteiger partial charge in [0, 0.05) is 6.54 Å². The van der Waals surface area contributed by atoms with Crippen LogP contribution in [0.3, 0.4) is 0 Å². The summed E-state index contributed by atoms with van der Waals surface area (Å²) in [6.45, 7) is 10.8. The van der Waals surface area contributed by atoms with E-state index in [1.165, 1.54) is 12.0 Å². The van der Waals surface area contributed by atoms with Gasteiger partial charge in [-0.25, -0.2) is 4.79 Å². The first kappa shape index (κ1) is 31.9. The summed E-state index contributed by atoms with van der Waals surface area (Å²) in [4.78, 5) is 52.7. The van der Waals surface area contributed by atoms with Crippen molar-refractivity contribution in [1.82, 2.24) is 15.5 Å². The number of nitrogens with one attached hydrogen (secondary N) is 2. The molecule has 9 nitrogen and oxygen atoms in total. The number of alkyl carbamates (subject to hydrolysis) is 1. The number of benzene rings is 1. The minimum atomic E-state index is -0.989. The molecule has 0 fully saturated rings. The summed E-state index contributed by atoms with van der Waals surface area (Å²) < 4.78 is 9.97. The third kappa shape index (κ3) is 11.7. The second kappa shape index (κ2) is 15.9. The molecule has 0 spiro atoms. The van der Waals surface area contributed by atoms with Crippen LogP contribution in [0, 0.1) is 6.92 Å². The van der Waals surface area contributed by atoms with Crippen molar-refractivity contribution in [2.45, 2.75) is 97.8 Å². The zero-order chi connectivity index (χ0) is 28.0. The zero-order valence-electron chi connectivity index (χ0n) is 23.5. The fraction of sp³-hybridized carbons (Fsp3) is 0.643. The van der Waals surface area contributed by atoms with Crippen molar-refractivity contribution in [2.24, 2.45) is 0 Å². The lowest BCUT2D eigenvalue weighted by molar-refractivity contribution is -0.144. The predicted molar refractivity (Wildman–Crippen MR) is 143 cm³/mol. The van der Waals surface area contributed by atoms with E-state index in [1.54, 1.807) is 39.8 Å². The number of methoxy groups -OCH3 is 1. The first-order valence-electron chi connectivity index (χ1n) is 13.1. The Morgan fingerprint density at radius 1 is 1.00 bits per heavy atom.